The number of nitrogens with zero attached hydrogens (tertiary/aromatic N) is 4. The quantitative estimate of drug-likeness (QED) is 0.191. The van der Waals surface area contributed by atoms with E-state index in [1.54, 1.807) is 24.4 Å². The van der Waals surface area contributed by atoms with Crippen LogP contribution in [-0.4, -0.2) is 46.2 Å². The number of benzene rings is 3. The van der Waals surface area contributed by atoms with Crippen molar-refractivity contribution in [2.45, 2.75) is 24.8 Å². The maximum absolute atomic E-state index is 14.2. The van der Waals surface area contributed by atoms with Crippen molar-refractivity contribution in [1.29, 1.82) is 0 Å². The third-order valence-corrected chi connectivity index (χ3v) is 7.53. The van der Waals surface area contributed by atoms with E-state index in [1.807, 2.05) is 54.7 Å². The molecule has 3 heterocycles. The number of amides is 1. The van der Waals surface area contributed by atoms with Gasteiger partial charge in [0.2, 0.25) is 5.95 Å². The average Bonchev–Trinajstić information content (AvgIpc) is 3.42. The van der Waals surface area contributed by atoms with Crippen LogP contribution >= 0.6 is 0 Å². The third-order valence-electron chi connectivity index (χ3n) is 7.53. The summed E-state index contributed by atoms with van der Waals surface area (Å²) < 4.78 is 28.4. The first kappa shape index (κ1) is 28.9. The highest BCUT2D eigenvalue weighted by molar-refractivity contribution is 6.09. The summed E-state index contributed by atoms with van der Waals surface area (Å²) in [4.78, 5) is 22.1. The Balaban J connectivity index is 1.25. The minimum absolute atomic E-state index is 0.125. The van der Waals surface area contributed by atoms with E-state index in [9.17, 15) is 13.6 Å². The predicted octanol–water partition coefficient (Wildman–Crippen LogP) is 6.16. The van der Waals surface area contributed by atoms with Gasteiger partial charge in [-0.3, -0.25) is 9.80 Å². The van der Waals surface area contributed by atoms with Gasteiger partial charge in [0.1, 0.15) is 17.2 Å². The van der Waals surface area contributed by atoms with Gasteiger partial charge in [-0.15, -0.1) is 0 Å². The Bertz CT molecular complexity index is 1730. The molecule has 1 aromatic heterocycles. The number of hydrogen-bond acceptors (Lipinski definition) is 7. The van der Waals surface area contributed by atoms with Crippen LogP contribution in [0.2, 0.25) is 0 Å². The second-order valence-electron chi connectivity index (χ2n) is 10.5. The van der Waals surface area contributed by atoms with Gasteiger partial charge < -0.3 is 16.0 Å². The lowest BCUT2D eigenvalue weighted by molar-refractivity contribution is 0.101. The standard InChI is InChI=1S/C34H31F2N7O/c1-37-18-6-7-22-13-15-24(16-14-22)40-34-38-19-17-28(41-34)31-29-12-2-3-20-43(29)42-32(31)23-8-4-9-25(21-23)39-33(44)30-26(35)10-5-11-27(30)36/h2-5,8-17,19-21,29,31,37H,6-7,18H2,1H3,(H,39,44)(H,38,40,41). The Morgan fingerprint density at radius 3 is 2.55 bits per heavy atom. The zero-order chi connectivity index (χ0) is 30.5. The first-order chi connectivity index (χ1) is 21.5. The molecule has 0 bridgehead atoms. The van der Waals surface area contributed by atoms with Crippen molar-refractivity contribution in [3.05, 3.63) is 137 Å². The fourth-order valence-electron chi connectivity index (χ4n) is 5.39. The fraction of sp³-hybridized carbons (Fsp3) is 0.176. The maximum atomic E-state index is 14.2. The van der Waals surface area contributed by atoms with Gasteiger partial charge >= 0.3 is 0 Å². The summed E-state index contributed by atoms with van der Waals surface area (Å²) in [5.41, 5.74) is 4.13. The molecule has 4 aromatic rings. The SMILES string of the molecule is CNCCCc1ccc(Nc2nccc(C3C(c4cccc(NC(=O)c5c(F)cccc5F)c4)=NN4C=CC=CC34)n2)cc1. The zero-order valence-corrected chi connectivity index (χ0v) is 24.0. The Morgan fingerprint density at radius 1 is 0.955 bits per heavy atom. The largest absolute Gasteiger partial charge is 0.324 e. The van der Waals surface area contributed by atoms with Crippen molar-refractivity contribution in [1.82, 2.24) is 20.3 Å². The first-order valence-electron chi connectivity index (χ1n) is 14.4. The van der Waals surface area contributed by atoms with E-state index in [0.717, 1.165) is 54.2 Å². The molecule has 0 aliphatic carbocycles. The molecule has 10 heteroatoms. The van der Waals surface area contributed by atoms with E-state index in [2.05, 4.69) is 39.1 Å². The number of halogens is 2. The van der Waals surface area contributed by atoms with E-state index in [-0.39, 0.29) is 12.0 Å². The van der Waals surface area contributed by atoms with Crippen LogP contribution in [-0.2, 0) is 6.42 Å². The number of allylic oxidation sites excluding steroid dienone is 2. The second kappa shape index (κ2) is 13.0. The summed E-state index contributed by atoms with van der Waals surface area (Å²) in [5.74, 6) is -2.52. The summed E-state index contributed by atoms with van der Waals surface area (Å²) >= 11 is 0. The predicted molar refractivity (Wildman–Crippen MR) is 168 cm³/mol. The number of nitrogens with one attached hydrogen (secondary N) is 3. The zero-order valence-electron chi connectivity index (χ0n) is 24.0. The number of anilines is 3. The maximum Gasteiger partial charge on any atom is 0.261 e. The minimum Gasteiger partial charge on any atom is -0.324 e. The molecule has 2 unspecified atom stereocenters. The Labute approximate surface area is 254 Å². The van der Waals surface area contributed by atoms with E-state index in [4.69, 9.17) is 10.1 Å². The molecule has 3 N–H and O–H groups in total. The highest BCUT2D eigenvalue weighted by Crippen LogP contribution is 2.36. The van der Waals surface area contributed by atoms with Gasteiger partial charge in [0.25, 0.3) is 5.91 Å². The molecular weight excluding hydrogens is 560 g/mol. The monoisotopic (exact) mass is 591 g/mol. The van der Waals surface area contributed by atoms with Gasteiger partial charge in [-0.2, -0.15) is 5.10 Å². The van der Waals surface area contributed by atoms with E-state index in [1.165, 1.54) is 11.6 Å². The molecule has 0 fully saturated rings. The van der Waals surface area contributed by atoms with Gasteiger partial charge in [-0.1, -0.05) is 42.5 Å². The van der Waals surface area contributed by atoms with Crippen LogP contribution in [0.5, 0.6) is 0 Å². The fourth-order valence-corrected chi connectivity index (χ4v) is 5.39. The van der Waals surface area contributed by atoms with E-state index >= 15 is 0 Å². The Morgan fingerprint density at radius 2 is 1.75 bits per heavy atom. The molecule has 1 amide bonds. The lowest BCUT2D eigenvalue weighted by Crippen LogP contribution is -2.29. The Kier molecular flexibility index (Phi) is 8.51. The van der Waals surface area contributed by atoms with Gasteiger partial charge in [-0.25, -0.2) is 18.7 Å². The number of hydrazone groups is 1. The summed E-state index contributed by atoms with van der Waals surface area (Å²) in [7, 11) is 1.95. The number of aromatic nitrogens is 2. The van der Waals surface area contributed by atoms with Crippen molar-refractivity contribution in [2.75, 3.05) is 24.2 Å². The molecular formula is C34H31F2N7O. The van der Waals surface area contributed by atoms with Gasteiger partial charge in [0, 0.05) is 29.3 Å². The topological polar surface area (TPSA) is 94.5 Å². The summed E-state index contributed by atoms with van der Waals surface area (Å²) in [6, 6.07) is 20.4. The van der Waals surface area contributed by atoms with E-state index < -0.39 is 23.1 Å². The highest BCUT2D eigenvalue weighted by atomic mass is 19.1. The van der Waals surface area contributed by atoms with Gasteiger partial charge in [0.05, 0.1) is 23.4 Å². The first-order valence-corrected chi connectivity index (χ1v) is 14.4. The van der Waals surface area contributed by atoms with Crippen molar-refractivity contribution in [3.63, 3.8) is 0 Å². The summed E-state index contributed by atoms with van der Waals surface area (Å²) in [5, 5.41) is 15.9. The molecule has 2 aliphatic heterocycles. The van der Waals surface area contributed by atoms with Crippen LogP contribution in [0.4, 0.5) is 26.1 Å². The number of fused-ring (bicyclic) bond motifs is 1. The number of hydrogen-bond donors (Lipinski definition) is 3. The molecule has 8 nitrogen and oxygen atoms in total. The number of carbonyl (C=O) groups excluding carboxylic acids is 1. The lowest BCUT2D eigenvalue weighted by Gasteiger charge is -2.24. The molecule has 6 rings (SSSR count). The number of aryl methyl sites for hydroxylation is 1. The van der Waals surface area contributed by atoms with Crippen molar-refractivity contribution in [2.24, 2.45) is 5.10 Å². The smallest absolute Gasteiger partial charge is 0.261 e. The van der Waals surface area contributed by atoms with E-state index in [0.29, 0.717) is 11.6 Å². The van der Waals surface area contributed by atoms with Crippen LogP contribution in [0.3, 0.4) is 0 Å². The van der Waals surface area contributed by atoms with Crippen LogP contribution in [0, 0.1) is 11.6 Å². The highest BCUT2D eigenvalue weighted by Gasteiger charge is 2.38. The molecule has 2 atom stereocenters. The molecule has 0 spiro atoms. The van der Waals surface area contributed by atoms with Crippen molar-refractivity contribution >= 4 is 28.9 Å². The third kappa shape index (κ3) is 6.25. The van der Waals surface area contributed by atoms with Crippen LogP contribution in [0.15, 0.2) is 109 Å². The number of rotatable bonds is 10. The minimum atomic E-state index is -0.928. The molecule has 222 valence electrons. The van der Waals surface area contributed by atoms with Crippen LogP contribution in [0.1, 0.15) is 39.5 Å². The van der Waals surface area contributed by atoms with Gasteiger partial charge in [-0.05, 0) is 80.5 Å². The lowest BCUT2D eigenvalue weighted by atomic mass is 9.87. The molecule has 0 saturated carbocycles. The van der Waals surface area contributed by atoms with Gasteiger partial charge in [0.15, 0.2) is 0 Å². The van der Waals surface area contributed by atoms with Crippen molar-refractivity contribution in [3.8, 4) is 0 Å². The van der Waals surface area contributed by atoms with Crippen LogP contribution in [0.25, 0.3) is 0 Å². The summed E-state index contributed by atoms with van der Waals surface area (Å²) in [6.45, 7) is 0.975. The van der Waals surface area contributed by atoms with Crippen molar-refractivity contribution < 1.29 is 13.6 Å². The normalized spacial score (nSPS) is 16.9. The molecule has 0 saturated heterocycles. The molecule has 3 aromatic carbocycles. The molecule has 0 radical (unpaired) electrons. The molecule has 44 heavy (non-hydrogen) atoms. The second-order valence-corrected chi connectivity index (χ2v) is 10.5. The average molecular weight is 592 g/mol. The molecule has 2 aliphatic rings. The Hall–Kier alpha value is -5.22. The number of carbonyl (C=O) groups is 1. The summed E-state index contributed by atoms with van der Waals surface area (Å²) in [6.07, 6.45) is 11.6. The van der Waals surface area contributed by atoms with Crippen LogP contribution < -0.4 is 16.0 Å².